The van der Waals surface area contributed by atoms with Crippen LogP contribution in [0, 0.1) is 0 Å². The molecule has 0 spiro atoms. The van der Waals surface area contributed by atoms with Crippen LogP contribution >= 0.6 is 11.3 Å². The summed E-state index contributed by atoms with van der Waals surface area (Å²) in [6.45, 7) is 2.44. The molecule has 17 heavy (non-hydrogen) atoms. The van der Waals surface area contributed by atoms with Gasteiger partial charge in [-0.25, -0.2) is 13.8 Å². The Hall–Kier alpha value is -0.590. The van der Waals surface area contributed by atoms with Crippen LogP contribution in [-0.4, -0.2) is 31.2 Å². The van der Waals surface area contributed by atoms with E-state index < -0.39 is 13.0 Å². The van der Waals surface area contributed by atoms with Crippen molar-refractivity contribution in [2.45, 2.75) is 32.1 Å². The third kappa shape index (κ3) is 5.06. The average molecular weight is 264 g/mol. The van der Waals surface area contributed by atoms with Crippen molar-refractivity contribution in [1.82, 2.24) is 4.98 Å². The molecule has 0 saturated heterocycles. The molecule has 2 N–H and O–H groups in total. The minimum atomic E-state index is -2.40. The number of ether oxygens (including phenoxy) is 1. The molecule has 0 amide bonds. The lowest BCUT2D eigenvalue weighted by molar-refractivity contribution is 0.0187. The van der Waals surface area contributed by atoms with E-state index in [0.717, 1.165) is 17.1 Å². The van der Waals surface area contributed by atoms with Crippen LogP contribution < -0.4 is 5.73 Å². The smallest absolute Gasteiger partial charge is 0.261 e. The van der Waals surface area contributed by atoms with E-state index in [0.29, 0.717) is 18.9 Å². The summed E-state index contributed by atoms with van der Waals surface area (Å²) in [6, 6.07) is 0. The van der Waals surface area contributed by atoms with Crippen LogP contribution in [0.25, 0.3) is 0 Å². The fourth-order valence-corrected chi connectivity index (χ4v) is 2.32. The van der Waals surface area contributed by atoms with E-state index in [4.69, 9.17) is 10.5 Å². The molecule has 1 unspecified atom stereocenters. The summed E-state index contributed by atoms with van der Waals surface area (Å²) in [5.74, 6) is 0.294. The molecule has 1 rings (SSSR count). The number of hydrogen-bond donors (Lipinski definition) is 1. The van der Waals surface area contributed by atoms with Gasteiger partial charge in [-0.1, -0.05) is 6.92 Å². The number of halogens is 2. The van der Waals surface area contributed by atoms with Crippen molar-refractivity contribution in [3.05, 3.63) is 16.1 Å². The van der Waals surface area contributed by atoms with Gasteiger partial charge >= 0.3 is 0 Å². The van der Waals surface area contributed by atoms with Gasteiger partial charge in [0, 0.05) is 24.3 Å². The first-order chi connectivity index (χ1) is 8.17. The summed E-state index contributed by atoms with van der Waals surface area (Å²) >= 11 is 1.53. The highest BCUT2D eigenvalue weighted by Gasteiger charge is 2.11. The molecule has 0 fully saturated rings. The van der Waals surface area contributed by atoms with Crippen LogP contribution in [0.1, 0.15) is 30.0 Å². The number of nitrogens with zero attached hydrogens (tertiary/aromatic N) is 1. The van der Waals surface area contributed by atoms with Gasteiger partial charge in [0.1, 0.15) is 6.61 Å². The van der Waals surface area contributed by atoms with Gasteiger partial charge in [-0.2, -0.15) is 0 Å². The van der Waals surface area contributed by atoms with Crippen LogP contribution in [0.5, 0.6) is 0 Å². The van der Waals surface area contributed by atoms with Crippen LogP contribution in [0.3, 0.4) is 0 Å². The number of nitrogens with two attached hydrogens (primary N) is 1. The zero-order valence-electron chi connectivity index (χ0n) is 9.86. The minimum Gasteiger partial charge on any atom is -0.375 e. The summed E-state index contributed by atoms with van der Waals surface area (Å²) in [5, 5.41) is 2.91. The van der Waals surface area contributed by atoms with E-state index in [1.807, 2.05) is 5.38 Å². The van der Waals surface area contributed by atoms with Gasteiger partial charge in [0.25, 0.3) is 6.43 Å². The second-order valence-electron chi connectivity index (χ2n) is 3.72. The highest BCUT2D eigenvalue weighted by atomic mass is 32.1. The summed E-state index contributed by atoms with van der Waals surface area (Å²) in [7, 11) is 0. The zero-order chi connectivity index (χ0) is 12.7. The number of hydrogen-bond acceptors (Lipinski definition) is 4. The lowest BCUT2D eigenvalue weighted by atomic mass is 10.0. The maximum absolute atomic E-state index is 11.8. The first kappa shape index (κ1) is 14.5. The minimum absolute atomic E-state index is 0.288. The van der Waals surface area contributed by atoms with Crippen molar-refractivity contribution in [1.29, 1.82) is 0 Å². The maximum Gasteiger partial charge on any atom is 0.261 e. The SMILES string of the molecule is CCC(CN)c1csc(CCOCC(F)F)n1. The summed E-state index contributed by atoms with van der Waals surface area (Å²) in [4.78, 5) is 4.44. The van der Waals surface area contributed by atoms with Crippen LogP contribution in [0.2, 0.25) is 0 Å². The molecule has 6 heteroatoms. The molecule has 1 aromatic heterocycles. The molecule has 1 heterocycles. The van der Waals surface area contributed by atoms with Gasteiger partial charge in [-0.05, 0) is 6.42 Å². The van der Waals surface area contributed by atoms with E-state index in [1.165, 1.54) is 11.3 Å². The molecule has 0 aliphatic carbocycles. The van der Waals surface area contributed by atoms with E-state index in [1.54, 1.807) is 0 Å². The van der Waals surface area contributed by atoms with Crippen LogP contribution in [0.15, 0.2) is 5.38 Å². The normalized spacial score (nSPS) is 13.2. The van der Waals surface area contributed by atoms with E-state index in [9.17, 15) is 8.78 Å². The van der Waals surface area contributed by atoms with Gasteiger partial charge in [0.2, 0.25) is 0 Å². The Bertz CT molecular complexity index is 316. The largest absolute Gasteiger partial charge is 0.375 e. The van der Waals surface area contributed by atoms with Gasteiger partial charge in [-0.15, -0.1) is 11.3 Å². The number of alkyl halides is 2. The van der Waals surface area contributed by atoms with Gasteiger partial charge < -0.3 is 10.5 Å². The standard InChI is InChI=1S/C11H18F2N2OS/c1-2-8(5-14)9-7-17-11(15-9)3-4-16-6-10(12)13/h7-8,10H,2-6,14H2,1H3. The van der Waals surface area contributed by atoms with Crippen molar-refractivity contribution in [3.8, 4) is 0 Å². The second-order valence-corrected chi connectivity index (χ2v) is 4.67. The topological polar surface area (TPSA) is 48.1 Å². The van der Waals surface area contributed by atoms with Crippen molar-refractivity contribution in [2.75, 3.05) is 19.8 Å². The number of aromatic nitrogens is 1. The molecule has 0 radical (unpaired) electrons. The molecule has 1 aromatic rings. The Morgan fingerprint density at radius 2 is 2.29 bits per heavy atom. The Labute approximate surface area is 104 Å². The van der Waals surface area contributed by atoms with Gasteiger partial charge in [-0.3, -0.25) is 0 Å². The highest BCUT2D eigenvalue weighted by molar-refractivity contribution is 7.09. The van der Waals surface area contributed by atoms with Gasteiger partial charge in [0.05, 0.1) is 17.3 Å². The van der Waals surface area contributed by atoms with Crippen molar-refractivity contribution in [3.63, 3.8) is 0 Å². The fourth-order valence-electron chi connectivity index (χ4n) is 1.46. The number of rotatable bonds is 8. The number of thiazole rings is 1. The van der Waals surface area contributed by atoms with Crippen molar-refractivity contribution >= 4 is 11.3 Å². The molecule has 0 aromatic carbocycles. The zero-order valence-corrected chi connectivity index (χ0v) is 10.7. The van der Waals surface area contributed by atoms with Crippen molar-refractivity contribution in [2.24, 2.45) is 5.73 Å². The molecular formula is C11H18F2N2OS. The van der Waals surface area contributed by atoms with E-state index >= 15 is 0 Å². The Balaban J connectivity index is 2.35. The Morgan fingerprint density at radius 1 is 1.53 bits per heavy atom. The van der Waals surface area contributed by atoms with Gasteiger partial charge in [0.15, 0.2) is 0 Å². The van der Waals surface area contributed by atoms with Crippen LogP contribution in [0.4, 0.5) is 8.78 Å². The first-order valence-corrected chi connectivity index (χ1v) is 6.55. The fraction of sp³-hybridized carbons (Fsp3) is 0.727. The van der Waals surface area contributed by atoms with E-state index in [2.05, 4.69) is 11.9 Å². The summed E-state index contributed by atoms with van der Waals surface area (Å²) in [6.07, 6.45) is -0.858. The third-order valence-electron chi connectivity index (χ3n) is 2.47. The Morgan fingerprint density at radius 3 is 2.88 bits per heavy atom. The molecule has 3 nitrogen and oxygen atoms in total. The molecular weight excluding hydrogens is 246 g/mol. The second kappa shape index (κ2) is 7.68. The van der Waals surface area contributed by atoms with Crippen LogP contribution in [-0.2, 0) is 11.2 Å². The summed E-state index contributed by atoms with van der Waals surface area (Å²) in [5.41, 5.74) is 6.64. The predicted octanol–water partition coefficient (Wildman–Crippen LogP) is 2.42. The quantitative estimate of drug-likeness (QED) is 0.734. The highest BCUT2D eigenvalue weighted by Crippen LogP contribution is 2.20. The summed E-state index contributed by atoms with van der Waals surface area (Å²) < 4.78 is 28.4. The predicted molar refractivity (Wildman–Crippen MR) is 64.7 cm³/mol. The molecule has 0 aliphatic heterocycles. The Kier molecular flexibility index (Phi) is 6.54. The third-order valence-corrected chi connectivity index (χ3v) is 3.40. The maximum atomic E-state index is 11.8. The lowest BCUT2D eigenvalue weighted by Gasteiger charge is -2.07. The molecule has 0 saturated carbocycles. The molecule has 98 valence electrons. The molecule has 0 bridgehead atoms. The lowest BCUT2D eigenvalue weighted by Crippen LogP contribution is -2.12. The van der Waals surface area contributed by atoms with Crippen molar-refractivity contribution < 1.29 is 13.5 Å². The molecule has 0 aliphatic rings. The monoisotopic (exact) mass is 264 g/mol. The molecule has 1 atom stereocenters. The van der Waals surface area contributed by atoms with E-state index in [-0.39, 0.29) is 6.61 Å². The first-order valence-electron chi connectivity index (χ1n) is 5.67. The average Bonchev–Trinajstić information content (AvgIpc) is 2.75.